The molecule has 0 saturated heterocycles. The van der Waals surface area contributed by atoms with E-state index >= 15 is 0 Å². The molecular weight excluding hydrogens is 223 g/mol. The predicted octanol–water partition coefficient (Wildman–Crippen LogP) is 3.44. The van der Waals surface area contributed by atoms with Crippen LogP contribution in [-0.4, -0.2) is 12.4 Å². The summed E-state index contributed by atoms with van der Waals surface area (Å²) in [5.74, 6) is 0.681. The van der Waals surface area contributed by atoms with Crippen molar-refractivity contribution in [3.8, 4) is 0 Å². The molecule has 0 spiro atoms. The third-order valence-corrected chi connectivity index (χ3v) is 4.04. The second-order valence-electron chi connectivity index (χ2n) is 4.60. The first kappa shape index (κ1) is 11.9. The Balaban J connectivity index is 1.82. The molecule has 88 valence electrons. The Morgan fingerprint density at radius 2 is 2.06 bits per heavy atom. The summed E-state index contributed by atoms with van der Waals surface area (Å²) in [6, 6.07) is 6.76. The molecule has 2 rings (SSSR count). The van der Waals surface area contributed by atoms with Gasteiger partial charge >= 0.3 is 0 Å². The van der Waals surface area contributed by atoms with Gasteiger partial charge in [-0.05, 0) is 24.7 Å². The molecule has 1 aliphatic carbocycles. The Morgan fingerprint density at radius 1 is 1.31 bits per heavy atom. The number of rotatable bonds is 5. The Bertz CT molecular complexity index is 344. The van der Waals surface area contributed by atoms with E-state index in [-0.39, 0.29) is 11.2 Å². The predicted molar refractivity (Wildman–Crippen MR) is 66.2 cm³/mol. The zero-order chi connectivity index (χ0) is 11.4. The monoisotopic (exact) mass is 240 g/mol. The quantitative estimate of drug-likeness (QED) is 0.776. The van der Waals surface area contributed by atoms with Gasteiger partial charge in [0.25, 0.3) is 0 Å². The van der Waals surface area contributed by atoms with Crippen molar-refractivity contribution in [2.75, 3.05) is 12.4 Å². The first-order chi connectivity index (χ1) is 7.76. The first-order valence-electron chi connectivity index (χ1n) is 5.68. The lowest BCUT2D eigenvalue weighted by atomic mass is 9.71. The second-order valence-corrected chi connectivity index (χ2v) is 4.91. The van der Waals surface area contributed by atoms with Gasteiger partial charge in [-0.2, -0.15) is 12.6 Å². The molecule has 0 atom stereocenters. The molecule has 0 bridgehead atoms. The minimum Gasteiger partial charge on any atom is -0.376 e. The van der Waals surface area contributed by atoms with Crippen molar-refractivity contribution in [1.29, 1.82) is 0 Å². The first-order valence-corrected chi connectivity index (χ1v) is 6.31. The van der Waals surface area contributed by atoms with Gasteiger partial charge in [0.1, 0.15) is 5.82 Å². The molecule has 1 fully saturated rings. The van der Waals surface area contributed by atoms with Crippen LogP contribution >= 0.6 is 12.6 Å². The summed E-state index contributed by atoms with van der Waals surface area (Å²) >= 11 is 4.36. The van der Waals surface area contributed by atoms with E-state index < -0.39 is 0 Å². The third-order valence-electron chi connectivity index (χ3n) is 3.37. The van der Waals surface area contributed by atoms with E-state index in [9.17, 15) is 4.39 Å². The van der Waals surface area contributed by atoms with Crippen molar-refractivity contribution in [2.45, 2.75) is 25.9 Å². The lowest BCUT2D eigenvalue weighted by Gasteiger charge is -2.40. The van der Waals surface area contributed by atoms with E-state index in [1.54, 1.807) is 12.1 Å². The fraction of sp³-hybridized carbons (Fsp3) is 0.538. The molecular formula is C13H17FOS. The van der Waals surface area contributed by atoms with Crippen molar-refractivity contribution in [2.24, 2.45) is 5.41 Å². The minimum atomic E-state index is -0.184. The lowest BCUT2D eigenvalue weighted by Crippen LogP contribution is -2.36. The topological polar surface area (TPSA) is 9.23 Å². The maximum absolute atomic E-state index is 13.3. The summed E-state index contributed by atoms with van der Waals surface area (Å²) in [4.78, 5) is 0. The zero-order valence-corrected chi connectivity index (χ0v) is 10.2. The SMILES string of the molecule is Fc1ccccc1COCC1(CS)CCC1. The van der Waals surface area contributed by atoms with Crippen molar-refractivity contribution in [3.63, 3.8) is 0 Å². The van der Waals surface area contributed by atoms with Crippen molar-refractivity contribution < 1.29 is 9.13 Å². The molecule has 1 aromatic rings. The van der Waals surface area contributed by atoms with Crippen molar-refractivity contribution in [1.82, 2.24) is 0 Å². The van der Waals surface area contributed by atoms with Crippen LogP contribution in [0.4, 0.5) is 4.39 Å². The average molecular weight is 240 g/mol. The second kappa shape index (κ2) is 5.19. The van der Waals surface area contributed by atoms with Crippen LogP contribution in [0.1, 0.15) is 24.8 Å². The van der Waals surface area contributed by atoms with E-state index in [0.717, 1.165) is 5.75 Å². The number of halogens is 1. The van der Waals surface area contributed by atoms with Crippen LogP contribution in [-0.2, 0) is 11.3 Å². The van der Waals surface area contributed by atoms with Gasteiger partial charge in [-0.1, -0.05) is 24.6 Å². The summed E-state index contributed by atoms with van der Waals surface area (Å²) in [7, 11) is 0. The minimum absolute atomic E-state index is 0.184. The normalized spacial score (nSPS) is 18.1. The number of hydrogen-bond donors (Lipinski definition) is 1. The van der Waals surface area contributed by atoms with Gasteiger partial charge in [-0.15, -0.1) is 0 Å². The van der Waals surface area contributed by atoms with Crippen LogP contribution < -0.4 is 0 Å². The highest BCUT2D eigenvalue weighted by Gasteiger charge is 2.35. The number of benzene rings is 1. The van der Waals surface area contributed by atoms with E-state index in [1.807, 2.05) is 6.07 Å². The van der Waals surface area contributed by atoms with E-state index in [0.29, 0.717) is 18.8 Å². The Kier molecular flexibility index (Phi) is 3.87. The zero-order valence-electron chi connectivity index (χ0n) is 9.29. The fourth-order valence-electron chi connectivity index (χ4n) is 2.02. The number of hydrogen-bond acceptors (Lipinski definition) is 2. The third kappa shape index (κ3) is 2.58. The van der Waals surface area contributed by atoms with Gasteiger partial charge in [-0.3, -0.25) is 0 Å². The summed E-state index contributed by atoms with van der Waals surface area (Å²) in [5.41, 5.74) is 0.894. The average Bonchev–Trinajstić information content (AvgIpc) is 2.25. The molecule has 16 heavy (non-hydrogen) atoms. The van der Waals surface area contributed by atoms with Gasteiger partial charge in [0.05, 0.1) is 13.2 Å². The van der Waals surface area contributed by atoms with Crippen LogP contribution in [0.25, 0.3) is 0 Å². The van der Waals surface area contributed by atoms with E-state index in [1.165, 1.54) is 25.3 Å². The molecule has 0 radical (unpaired) electrons. The maximum Gasteiger partial charge on any atom is 0.128 e. The maximum atomic E-state index is 13.3. The van der Waals surface area contributed by atoms with Crippen LogP contribution in [0.5, 0.6) is 0 Å². The molecule has 0 aliphatic heterocycles. The van der Waals surface area contributed by atoms with E-state index in [4.69, 9.17) is 4.74 Å². The molecule has 0 amide bonds. The highest BCUT2D eigenvalue weighted by molar-refractivity contribution is 7.80. The Morgan fingerprint density at radius 3 is 2.62 bits per heavy atom. The van der Waals surface area contributed by atoms with Crippen LogP contribution in [0.15, 0.2) is 24.3 Å². The molecule has 0 unspecified atom stereocenters. The molecule has 1 saturated carbocycles. The van der Waals surface area contributed by atoms with Gasteiger partial charge in [0, 0.05) is 11.0 Å². The number of thiol groups is 1. The number of ether oxygens (including phenoxy) is 1. The smallest absolute Gasteiger partial charge is 0.128 e. The lowest BCUT2D eigenvalue weighted by molar-refractivity contribution is 0.00131. The summed E-state index contributed by atoms with van der Waals surface area (Å²) in [6.07, 6.45) is 3.64. The highest BCUT2D eigenvalue weighted by atomic mass is 32.1. The van der Waals surface area contributed by atoms with Crippen LogP contribution in [0.3, 0.4) is 0 Å². The van der Waals surface area contributed by atoms with Crippen molar-refractivity contribution >= 4 is 12.6 Å². The molecule has 1 aromatic carbocycles. The van der Waals surface area contributed by atoms with Gasteiger partial charge in [0.2, 0.25) is 0 Å². The Labute approximate surface area is 101 Å². The van der Waals surface area contributed by atoms with E-state index in [2.05, 4.69) is 12.6 Å². The summed E-state index contributed by atoms with van der Waals surface area (Å²) < 4.78 is 18.9. The molecule has 0 aromatic heterocycles. The molecule has 1 aliphatic rings. The largest absolute Gasteiger partial charge is 0.376 e. The molecule has 0 heterocycles. The Hall–Kier alpha value is -0.540. The molecule has 0 N–H and O–H groups in total. The van der Waals surface area contributed by atoms with Gasteiger partial charge in [0.15, 0.2) is 0 Å². The summed E-state index contributed by atoms with van der Waals surface area (Å²) in [6.45, 7) is 1.06. The molecule has 3 heteroatoms. The highest BCUT2D eigenvalue weighted by Crippen LogP contribution is 2.42. The van der Waals surface area contributed by atoms with Crippen molar-refractivity contribution in [3.05, 3.63) is 35.6 Å². The van der Waals surface area contributed by atoms with Gasteiger partial charge < -0.3 is 4.74 Å². The van der Waals surface area contributed by atoms with Gasteiger partial charge in [-0.25, -0.2) is 4.39 Å². The standard InChI is InChI=1S/C13H17FOS/c14-12-5-2-1-4-11(12)8-15-9-13(10-16)6-3-7-13/h1-2,4-5,16H,3,6-10H2. The molecule has 1 nitrogen and oxygen atoms in total. The fourth-order valence-corrected chi connectivity index (χ4v) is 2.43. The van der Waals surface area contributed by atoms with Crippen LogP contribution in [0, 0.1) is 11.2 Å². The summed E-state index contributed by atoms with van der Waals surface area (Å²) in [5, 5.41) is 0. The van der Waals surface area contributed by atoms with Crippen LogP contribution in [0.2, 0.25) is 0 Å².